The van der Waals surface area contributed by atoms with E-state index in [0.29, 0.717) is 12.5 Å². The first-order valence-corrected chi connectivity index (χ1v) is 7.03. The summed E-state index contributed by atoms with van der Waals surface area (Å²) in [5.41, 5.74) is 0.781. The fourth-order valence-corrected chi connectivity index (χ4v) is 2.13. The normalized spacial score (nSPS) is 15.1. The molecule has 21 heavy (non-hydrogen) atoms. The Labute approximate surface area is 131 Å². The van der Waals surface area contributed by atoms with Gasteiger partial charge in [-0.15, -0.1) is 12.4 Å². The summed E-state index contributed by atoms with van der Waals surface area (Å²) in [6.07, 6.45) is 2.14. The van der Waals surface area contributed by atoms with Crippen molar-refractivity contribution < 1.29 is 14.3 Å². The van der Waals surface area contributed by atoms with Gasteiger partial charge in [0.15, 0.2) is 0 Å². The maximum absolute atomic E-state index is 11.4. The first kappa shape index (κ1) is 17.8. The summed E-state index contributed by atoms with van der Waals surface area (Å²) in [6.45, 7) is 2.71. The maximum Gasteiger partial charge on any atom is 0.238 e. The highest BCUT2D eigenvalue weighted by atomic mass is 35.5. The molecule has 1 aliphatic rings. The molecule has 2 N–H and O–H groups in total. The smallest absolute Gasteiger partial charge is 0.238 e. The van der Waals surface area contributed by atoms with Crippen LogP contribution in [0, 0.1) is 5.92 Å². The third-order valence-corrected chi connectivity index (χ3v) is 3.30. The lowest BCUT2D eigenvalue weighted by Gasteiger charge is -2.22. The SMILES string of the molecule is CNCC(=O)Nc1ccc(OCC2CCOCC2)cc1.Cl. The molecule has 0 aromatic heterocycles. The molecule has 0 atom stereocenters. The van der Waals surface area contributed by atoms with E-state index >= 15 is 0 Å². The summed E-state index contributed by atoms with van der Waals surface area (Å²) < 4.78 is 11.1. The summed E-state index contributed by atoms with van der Waals surface area (Å²) in [5.74, 6) is 1.37. The van der Waals surface area contributed by atoms with Crippen LogP contribution in [0.5, 0.6) is 5.75 Å². The Kier molecular flexibility index (Phi) is 8.12. The minimum Gasteiger partial charge on any atom is -0.493 e. The van der Waals surface area contributed by atoms with Gasteiger partial charge in [-0.25, -0.2) is 0 Å². The number of likely N-dealkylation sites (N-methyl/N-ethyl adjacent to an activating group) is 1. The zero-order chi connectivity index (χ0) is 14.2. The Morgan fingerprint density at radius 3 is 2.57 bits per heavy atom. The molecule has 0 spiro atoms. The van der Waals surface area contributed by atoms with Crippen molar-refractivity contribution in [1.82, 2.24) is 5.32 Å². The number of hydrogen-bond donors (Lipinski definition) is 2. The molecule has 1 aromatic rings. The number of halogens is 1. The van der Waals surface area contributed by atoms with Crippen LogP contribution in [0.25, 0.3) is 0 Å². The van der Waals surface area contributed by atoms with E-state index in [-0.39, 0.29) is 18.3 Å². The molecule has 1 aromatic carbocycles. The van der Waals surface area contributed by atoms with Crippen LogP contribution in [0.1, 0.15) is 12.8 Å². The summed E-state index contributed by atoms with van der Waals surface area (Å²) in [6, 6.07) is 7.47. The second kappa shape index (κ2) is 9.60. The van der Waals surface area contributed by atoms with Gasteiger partial charge in [0.1, 0.15) is 5.75 Å². The molecule has 6 heteroatoms. The van der Waals surface area contributed by atoms with Crippen molar-refractivity contribution in [3.05, 3.63) is 24.3 Å². The molecule has 0 saturated carbocycles. The number of benzene rings is 1. The fourth-order valence-electron chi connectivity index (χ4n) is 2.13. The molecule has 1 aliphatic heterocycles. The number of carbonyl (C=O) groups excluding carboxylic acids is 1. The largest absolute Gasteiger partial charge is 0.493 e. The van der Waals surface area contributed by atoms with E-state index < -0.39 is 0 Å². The Morgan fingerprint density at radius 2 is 1.95 bits per heavy atom. The van der Waals surface area contributed by atoms with Crippen LogP contribution in [-0.4, -0.2) is 39.3 Å². The molecular weight excluding hydrogens is 292 g/mol. The minimum absolute atomic E-state index is 0. The summed E-state index contributed by atoms with van der Waals surface area (Å²) in [7, 11) is 1.74. The number of nitrogens with one attached hydrogen (secondary N) is 2. The van der Waals surface area contributed by atoms with Crippen molar-refractivity contribution in [2.75, 3.05) is 38.7 Å². The maximum atomic E-state index is 11.4. The zero-order valence-electron chi connectivity index (χ0n) is 12.3. The average molecular weight is 315 g/mol. The van der Waals surface area contributed by atoms with Crippen LogP contribution in [0.15, 0.2) is 24.3 Å². The third-order valence-electron chi connectivity index (χ3n) is 3.30. The van der Waals surface area contributed by atoms with Crippen molar-refractivity contribution in [1.29, 1.82) is 0 Å². The highest BCUT2D eigenvalue weighted by molar-refractivity contribution is 5.92. The topological polar surface area (TPSA) is 59.6 Å². The van der Waals surface area contributed by atoms with Crippen molar-refractivity contribution in [3.63, 3.8) is 0 Å². The monoisotopic (exact) mass is 314 g/mol. The van der Waals surface area contributed by atoms with Gasteiger partial charge in [0, 0.05) is 18.9 Å². The highest BCUT2D eigenvalue weighted by Gasteiger charge is 2.14. The van der Waals surface area contributed by atoms with Crippen molar-refractivity contribution in [3.8, 4) is 5.75 Å². The Bertz CT molecular complexity index is 419. The van der Waals surface area contributed by atoms with Gasteiger partial charge in [-0.2, -0.15) is 0 Å². The summed E-state index contributed by atoms with van der Waals surface area (Å²) in [5, 5.41) is 5.61. The number of hydrogen-bond acceptors (Lipinski definition) is 4. The lowest BCUT2D eigenvalue weighted by Crippen LogP contribution is -2.25. The van der Waals surface area contributed by atoms with E-state index in [1.54, 1.807) is 7.05 Å². The molecule has 1 fully saturated rings. The van der Waals surface area contributed by atoms with Crippen molar-refractivity contribution >= 4 is 24.0 Å². The molecule has 118 valence electrons. The first-order valence-electron chi connectivity index (χ1n) is 7.03. The minimum atomic E-state index is -0.0524. The lowest BCUT2D eigenvalue weighted by atomic mass is 10.0. The van der Waals surface area contributed by atoms with Crippen LogP contribution in [-0.2, 0) is 9.53 Å². The quantitative estimate of drug-likeness (QED) is 0.844. The number of anilines is 1. The average Bonchev–Trinajstić information content (AvgIpc) is 2.48. The van der Waals surface area contributed by atoms with E-state index in [4.69, 9.17) is 9.47 Å². The zero-order valence-corrected chi connectivity index (χ0v) is 13.1. The van der Waals surface area contributed by atoms with Gasteiger partial charge in [-0.1, -0.05) is 0 Å². The van der Waals surface area contributed by atoms with Gasteiger partial charge in [0.2, 0.25) is 5.91 Å². The van der Waals surface area contributed by atoms with E-state index in [1.165, 1.54) is 0 Å². The molecule has 1 amide bonds. The number of ether oxygens (including phenoxy) is 2. The third kappa shape index (κ3) is 6.33. The molecule has 5 nitrogen and oxygen atoms in total. The Hall–Kier alpha value is -1.30. The van der Waals surface area contributed by atoms with Crippen LogP contribution in [0.4, 0.5) is 5.69 Å². The standard InChI is InChI=1S/C15H22N2O3.ClH/c1-16-10-15(18)17-13-2-4-14(5-3-13)20-11-12-6-8-19-9-7-12;/h2-5,12,16H,6-11H2,1H3,(H,17,18);1H. The van der Waals surface area contributed by atoms with Gasteiger partial charge >= 0.3 is 0 Å². The van der Waals surface area contributed by atoms with E-state index in [9.17, 15) is 4.79 Å². The molecule has 0 aliphatic carbocycles. The van der Waals surface area contributed by atoms with E-state index in [2.05, 4.69) is 10.6 Å². The second-order valence-electron chi connectivity index (χ2n) is 4.97. The molecule has 1 saturated heterocycles. The Balaban J connectivity index is 0.00000220. The van der Waals surface area contributed by atoms with E-state index in [1.807, 2.05) is 24.3 Å². The number of carbonyl (C=O) groups is 1. The number of amides is 1. The van der Waals surface area contributed by atoms with Gasteiger partial charge in [0.25, 0.3) is 0 Å². The predicted molar refractivity (Wildman–Crippen MR) is 85.3 cm³/mol. The van der Waals surface area contributed by atoms with Gasteiger partial charge in [-0.3, -0.25) is 4.79 Å². The van der Waals surface area contributed by atoms with Crippen LogP contribution in [0.2, 0.25) is 0 Å². The number of rotatable bonds is 6. The fraction of sp³-hybridized carbons (Fsp3) is 0.533. The predicted octanol–water partition coefficient (Wildman–Crippen LogP) is 2.07. The van der Waals surface area contributed by atoms with Crippen molar-refractivity contribution in [2.45, 2.75) is 12.8 Å². The molecule has 1 heterocycles. The molecule has 0 unspecified atom stereocenters. The van der Waals surface area contributed by atoms with Crippen LogP contribution in [0.3, 0.4) is 0 Å². The molecular formula is C15H23ClN2O3. The summed E-state index contributed by atoms with van der Waals surface area (Å²) in [4.78, 5) is 11.4. The van der Waals surface area contributed by atoms with Crippen LogP contribution < -0.4 is 15.4 Å². The van der Waals surface area contributed by atoms with Gasteiger partial charge < -0.3 is 20.1 Å². The Morgan fingerprint density at radius 1 is 1.29 bits per heavy atom. The molecule has 2 rings (SSSR count). The highest BCUT2D eigenvalue weighted by Crippen LogP contribution is 2.19. The lowest BCUT2D eigenvalue weighted by molar-refractivity contribution is -0.115. The van der Waals surface area contributed by atoms with Crippen LogP contribution >= 0.6 is 12.4 Å². The van der Waals surface area contributed by atoms with Crippen molar-refractivity contribution in [2.24, 2.45) is 5.92 Å². The molecule has 0 bridgehead atoms. The van der Waals surface area contributed by atoms with Gasteiger partial charge in [0.05, 0.1) is 13.2 Å². The first-order chi connectivity index (χ1) is 9.78. The summed E-state index contributed by atoms with van der Waals surface area (Å²) >= 11 is 0. The second-order valence-corrected chi connectivity index (χ2v) is 4.97. The molecule has 0 radical (unpaired) electrons. The van der Waals surface area contributed by atoms with E-state index in [0.717, 1.165) is 44.1 Å². The van der Waals surface area contributed by atoms with Gasteiger partial charge in [-0.05, 0) is 50.1 Å².